The maximum Gasteiger partial charge on any atom is 0.115 e. The second-order valence-electron chi connectivity index (χ2n) is 4.68. The zero-order valence-electron chi connectivity index (χ0n) is 11.3. The van der Waals surface area contributed by atoms with Gasteiger partial charge < -0.3 is 16.2 Å². The van der Waals surface area contributed by atoms with Crippen LogP contribution < -0.4 is 11.1 Å². The highest BCUT2D eigenvalue weighted by Gasteiger charge is 2.00. The molecule has 0 aliphatic carbocycles. The van der Waals surface area contributed by atoms with Crippen LogP contribution in [0.2, 0.25) is 0 Å². The van der Waals surface area contributed by atoms with Crippen LogP contribution >= 0.6 is 0 Å². The van der Waals surface area contributed by atoms with E-state index in [2.05, 4.69) is 10.3 Å². The van der Waals surface area contributed by atoms with Crippen molar-refractivity contribution in [2.75, 3.05) is 5.32 Å². The fraction of sp³-hybridized carbons (Fsp3) is 0. The smallest absolute Gasteiger partial charge is 0.115 e. The number of benzene rings is 2. The molecule has 0 fully saturated rings. The number of aromatic nitrogens is 1. The van der Waals surface area contributed by atoms with E-state index in [0.29, 0.717) is 5.70 Å². The van der Waals surface area contributed by atoms with Gasteiger partial charge in [0.25, 0.3) is 0 Å². The lowest BCUT2D eigenvalue weighted by atomic mass is 10.2. The average molecular weight is 277 g/mol. The van der Waals surface area contributed by atoms with Crippen molar-refractivity contribution in [2.45, 2.75) is 0 Å². The van der Waals surface area contributed by atoms with Gasteiger partial charge in [0.15, 0.2) is 0 Å². The summed E-state index contributed by atoms with van der Waals surface area (Å²) in [5.74, 6) is 0.230. The van der Waals surface area contributed by atoms with Crippen molar-refractivity contribution in [3.63, 3.8) is 0 Å². The zero-order valence-corrected chi connectivity index (χ0v) is 11.3. The summed E-state index contributed by atoms with van der Waals surface area (Å²) in [6.07, 6.45) is 1.70. The van der Waals surface area contributed by atoms with Gasteiger partial charge in [-0.15, -0.1) is 0 Å². The number of para-hydroxylation sites is 1. The topological polar surface area (TPSA) is 71.2 Å². The van der Waals surface area contributed by atoms with Crippen molar-refractivity contribution in [1.82, 2.24) is 4.98 Å². The summed E-state index contributed by atoms with van der Waals surface area (Å²) in [7, 11) is 0. The maximum absolute atomic E-state index is 9.23. The number of hydrogen-bond acceptors (Lipinski definition) is 4. The van der Waals surface area contributed by atoms with E-state index < -0.39 is 0 Å². The predicted octanol–water partition coefficient (Wildman–Crippen LogP) is 3.31. The summed E-state index contributed by atoms with van der Waals surface area (Å²) in [5, 5.41) is 13.4. The van der Waals surface area contributed by atoms with Crippen molar-refractivity contribution < 1.29 is 5.11 Å². The highest BCUT2D eigenvalue weighted by Crippen LogP contribution is 2.16. The van der Waals surface area contributed by atoms with Crippen LogP contribution in [0.3, 0.4) is 0 Å². The van der Waals surface area contributed by atoms with Crippen LogP contribution in [0.15, 0.2) is 66.9 Å². The van der Waals surface area contributed by atoms with Crippen LogP contribution in [0.5, 0.6) is 5.75 Å². The van der Waals surface area contributed by atoms with Crippen molar-refractivity contribution in [3.8, 4) is 5.75 Å². The van der Waals surface area contributed by atoms with Crippen LogP contribution in [0.25, 0.3) is 16.6 Å². The van der Waals surface area contributed by atoms with Gasteiger partial charge in [-0.2, -0.15) is 0 Å². The molecule has 4 nitrogen and oxygen atoms in total. The number of nitrogens with two attached hydrogens (primary N) is 1. The molecule has 0 saturated heterocycles. The molecule has 0 atom stereocenters. The Morgan fingerprint density at radius 2 is 1.76 bits per heavy atom. The average Bonchev–Trinajstić information content (AvgIpc) is 2.53. The predicted molar refractivity (Wildman–Crippen MR) is 85.6 cm³/mol. The Kier molecular flexibility index (Phi) is 3.43. The molecule has 21 heavy (non-hydrogen) atoms. The lowest BCUT2D eigenvalue weighted by molar-refractivity contribution is 0.475. The number of phenolic OH excluding ortho intramolecular Hbond substituents is 1. The molecule has 0 aliphatic rings. The fourth-order valence-corrected chi connectivity index (χ4v) is 2.02. The van der Waals surface area contributed by atoms with Crippen LogP contribution in [0.4, 0.5) is 5.69 Å². The van der Waals surface area contributed by atoms with E-state index in [1.807, 2.05) is 36.4 Å². The lowest BCUT2D eigenvalue weighted by Crippen LogP contribution is -2.02. The SMILES string of the molecule is N/C(=C\Nc1ccc(O)cc1)c1ccc2ccccc2n1. The molecule has 0 unspecified atom stereocenters. The minimum atomic E-state index is 0.230. The Hall–Kier alpha value is -3.01. The van der Waals surface area contributed by atoms with Gasteiger partial charge in [0.05, 0.1) is 16.9 Å². The number of nitrogens with zero attached hydrogens (tertiary/aromatic N) is 1. The Morgan fingerprint density at radius 1 is 1.00 bits per heavy atom. The second-order valence-corrected chi connectivity index (χ2v) is 4.68. The minimum absolute atomic E-state index is 0.230. The summed E-state index contributed by atoms with van der Waals surface area (Å²) in [4.78, 5) is 4.53. The number of rotatable bonds is 3. The van der Waals surface area contributed by atoms with Crippen molar-refractivity contribution in [1.29, 1.82) is 0 Å². The Labute approximate surface area is 122 Å². The van der Waals surface area contributed by atoms with Crippen LogP contribution in [-0.2, 0) is 0 Å². The Bertz CT molecular complexity index is 794. The first-order valence-corrected chi connectivity index (χ1v) is 6.60. The summed E-state index contributed by atoms with van der Waals surface area (Å²) in [6, 6.07) is 18.6. The zero-order chi connectivity index (χ0) is 14.7. The molecule has 104 valence electrons. The molecule has 1 heterocycles. The molecule has 0 aliphatic heterocycles. The number of aromatic hydroxyl groups is 1. The van der Waals surface area contributed by atoms with E-state index in [-0.39, 0.29) is 5.75 Å². The van der Waals surface area contributed by atoms with Crippen LogP contribution in [0, 0.1) is 0 Å². The highest BCUT2D eigenvalue weighted by molar-refractivity contribution is 5.80. The number of hydrogen-bond donors (Lipinski definition) is 3. The fourth-order valence-electron chi connectivity index (χ4n) is 2.02. The molecule has 0 amide bonds. The Balaban J connectivity index is 1.83. The molecule has 3 rings (SSSR count). The largest absolute Gasteiger partial charge is 0.508 e. The standard InChI is InChI=1S/C17H15N3O/c18-15(11-19-13-6-8-14(21)9-7-13)17-10-5-12-3-1-2-4-16(12)20-17/h1-11,19,21H,18H2/b15-11-. The van der Waals surface area contributed by atoms with Crippen molar-refractivity contribution in [2.24, 2.45) is 5.73 Å². The lowest BCUT2D eigenvalue weighted by Gasteiger charge is -2.05. The summed E-state index contributed by atoms with van der Waals surface area (Å²) >= 11 is 0. The second kappa shape index (κ2) is 5.54. The van der Waals surface area contributed by atoms with Gasteiger partial charge in [-0.3, -0.25) is 0 Å². The van der Waals surface area contributed by atoms with Crippen LogP contribution in [0.1, 0.15) is 5.69 Å². The van der Waals surface area contributed by atoms with Crippen molar-refractivity contribution in [3.05, 3.63) is 72.6 Å². The van der Waals surface area contributed by atoms with E-state index in [1.54, 1.807) is 30.5 Å². The molecule has 4 heteroatoms. The van der Waals surface area contributed by atoms with Gasteiger partial charge in [0, 0.05) is 17.3 Å². The third kappa shape index (κ3) is 2.95. The van der Waals surface area contributed by atoms with Gasteiger partial charge in [0.1, 0.15) is 5.75 Å². The van der Waals surface area contributed by atoms with Gasteiger partial charge in [-0.05, 0) is 36.4 Å². The van der Waals surface area contributed by atoms with Crippen molar-refractivity contribution >= 4 is 22.3 Å². The minimum Gasteiger partial charge on any atom is -0.508 e. The number of phenols is 1. The van der Waals surface area contributed by atoms with Gasteiger partial charge in [0.2, 0.25) is 0 Å². The van der Waals surface area contributed by atoms with E-state index in [4.69, 9.17) is 5.73 Å². The number of pyridine rings is 1. The molecule has 3 aromatic rings. The molecular formula is C17H15N3O. The summed E-state index contributed by atoms with van der Waals surface area (Å²) in [6.45, 7) is 0. The normalized spacial score (nSPS) is 11.5. The van der Waals surface area contributed by atoms with Gasteiger partial charge in [-0.25, -0.2) is 4.98 Å². The Morgan fingerprint density at radius 3 is 2.57 bits per heavy atom. The first-order valence-electron chi connectivity index (χ1n) is 6.60. The molecule has 0 bridgehead atoms. The number of anilines is 1. The molecule has 0 radical (unpaired) electrons. The molecule has 4 N–H and O–H groups in total. The molecule has 0 saturated carbocycles. The monoisotopic (exact) mass is 277 g/mol. The maximum atomic E-state index is 9.23. The quantitative estimate of drug-likeness (QED) is 0.642. The highest BCUT2D eigenvalue weighted by atomic mass is 16.3. The van der Waals surface area contributed by atoms with Gasteiger partial charge in [-0.1, -0.05) is 24.3 Å². The van der Waals surface area contributed by atoms with E-state index >= 15 is 0 Å². The number of fused-ring (bicyclic) bond motifs is 1. The summed E-state index contributed by atoms with van der Waals surface area (Å²) < 4.78 is 0. The molecule has 1 aromatic heterocycles. The molecule has 2 aromatic carbocycles. The van der Waals surface area contributed by atoms with E-state index in [9.17, 15) is 5.11 Å². The van der Waals surface area contributed by atoms with Gasteiger partial charge >= 0.3 is 0 Å². The van der Waals surface area contributed by atoms with E-state index in [1.165, 1.54) is 0 Å². The molecular weight excluding hydrogens is 262 g/mol. The first-order chi connectivity index (χ1) is 10.2. The first kappa shape index (κ1) is 13.0. The summed E-state index contributed by atoms with van der Waals surface area (Å²) in [5.41, 5.74) is 9.08. The third-order valence-electron chi connectivity index (χ3n) is 3.16. The van der Waals surface area contributed by atoms with Crippen LogP contribution in [-0.4, -0.2) is 10.1 Å². The third-order valence-corrected chi connectivity index (χ3v) is 3.16. The number of nitrogens with one attached hydrogen (secondary N) is 1. The van der Waals surface area contributed by atoms with E-state index in [0.717, 1.165) is 22.3 Å². The molecule has 0 spiro atoms.